The van der Waals surface area contributed by atoms with E-state index in [1.54, 1.807) is 32.3 Å². The summed E-state index contributed by atoms with van der Waals surface area (Å²) in [5.41, 5.74) is 2.27. The first-order chi connectivity index (χ1) is 13.4. The fraction of sp³-hybridized carbons (Fsp3) is 0.389. The summed E-state index contributed by atoms with van der Waals surface area (Å²) >= 11 is 2.09. The Balaban J connectivity index is 1.92. The summed E-state index contributed by atoms with van der Waals surface area (Å²) in [7, 11) is -3.30. The van der Waals surface area contributed by atoms with Crippen LogP contribution in [0.25, 0.3) is 11.2 Å². The summed E-state index contributed by atoms with van der Waals surface area (Å²) < 4.78 is 26.3. The average molecular weight is 515 g/mol. The molecular weight excluding hydrogens is 492 g/mol. The number of fused-ring (bicyclic) bond motifs is 1. The van der Waals surface area contributed by atoms with Gasteiger partial charge in [-0.05, 0) is 52.0 Å². The largest absolute Gasteiger partial charge is 0.361 e. The number of hydrogen-bond donors (Lipinski definition) is 1. The number of nitrogens with one attached hydrogen (secondary N) is 1. The number of aromatic nitrogens is 4. The average Bonchev–Trinajstić information content (AvgIpc) is 3.07. The second-order valence-corrected chi connectivity index (χ2v) is 9.26. The molecule has 1 N–H and O–H groups in total. The molecule has 0 aliphatic heterocycles. The number of nitrogens with zero attached hydrogens (tertiary/aromatic N) is 4. The van der Waals surface area contributed by atoms with Gasteiger partial charge in [0.15, 0.2) is 20.8 Å². The van der Waals surface area contributed by atoms with Crippen LogP contribution < -0.4 is 10.6 Å². The van der Waals surface area contributed by atoms with E-state index in [0.29, 0.717) is 33.7 Å². The first kappa shape index (κ1) is 21.2. The van der Waals surface area contributed by atoms with E-state index in [2.05, 4.69) is 56.7 Å². The van der Waals surface area contributed by atoms with Gasteiger partial charge in [-0.1, -0.05) is 0 Å². The number of rotatable bonds is 8. The van der Waals surface area contributed by atoms with Gasteiger partial charge in [0.25, 0.3) is 0 Å². The highest BCUT2D eigenvalue weighted by Gasteiger charge is 2.26. The molecule has 0 amide bonds. The Kier molecular flexibility index (Phi) is 6.69. The van der Waals surface area contributed by atoms with E-state index in [4.69, 9.17) is 9.05 Å². The summed E-state index contributed by atoms with van der Waals surface area (Å²) in [5, 5.41) is 3.80. The highest BCUT2D eigenvalue weighted by molar-refractivity contribution is 14.1. The highest BCUT2D eigenvalue weighted by Crippen LogP contribution is 2.46. The van der Waals surface area contributed by atoms with Crippen LogP contribution in [0.15, 0.2) is 30.6 Å². The lowest BCUT2D eigenvalue weighted by atomic mass is 10.3. The third kappa shape index (κ3) is 4.37. The van der Waals surface area contributed by atoms with E-state index in [0.717, 1.165) is 11.3 Å². The van der Waals surface area contributed by atoms with E-state index in [9.17, 15) is 4.57 Å². The van der Waals surface area contributed by atoms with Gasteiger partial charge in [0, 0.05) is 34.3 Å². The van der Waals surface area contributed by atoms with Gasteiger partial charge in [0.05, 0.1) is 24.8 Å². The zero-order valence-electron chi connectivity index (χ0n) is 16.2. The number of imidazole rings is 1. The Morgan fingerprint density at radius 2 is 1.79 bits per heavy atom. The predicted molar refractivity (Wildman–Crippen MR) is 119 cm³/mol. The fourth-order valence-electron chi connectivity index (χ4n) is 2.75. The number of anilines is 2. The first-order valence-corrected chi connectivity index (χ1v) is 11.7. The van der Waals surface area contributed by atoms with Crippen LogP contribution in [0.1, 0.15) is 33.7 Å². The highest BCUT2D eigenvalue weighted by atomic mass is 127. The molecule has 3 aromatic rings. The molecule has 2 aromatic heterocycles. The molecule has 28 heavy (non-hydrogen) atoms. The van der Waals surface area contributed by atoms with Crippen molar-refractivity contribution in [3.05, 3.63) is 34.4 Å². The molecule has 3 rings (SSSR count). The van der Waals surface area contributed by atoms with Crippen molar-refractivity contribution in [3.63, 3.8) is 0 Å². The molecule has 0 fully saturated rings. The van der Waals surface area contributed by atoms with Gasteiger partial charge in [0.2, 0.25) is 0 Å². The zero-order valence-corrected chi connectivity index (χ0v) is 19.3. The van der Waals surface area contributed by atoms with Crippen LogP contribution >= 0.6 is 30.2 Å². The number of benzene rings is 1. The van der Waals surface area contributed by atoms with Crippen molar-refractivity contribution in [2.45, 2.75) is 33.7 Å². The van der Waals surface area contributed by atoms with E-state index < -0.39 is 7.60 Å². The summed E-state index contributed by atoms with van der Waals surface area (Å²) in [6.07, 6.45) is 1.77. The second-order valence-electron chi connectivity index (χ2n) is 6.26. The Bertz CT molecular complexity index is 996. The van der Waals surface area contributed by atoms with Crippen molar-refractivity contribution in [2.24, 2.45) is 0 Å². The topological polar surface area (TPSA) is 91.2 Å². The molecule has 0 radical (unpaired) electrons. The summed E-state index contributed by atoms with van der Waals surface area (Å²) in [4.78, 5) is 13.5. The van der Waals surface area contributed by atoms with Gasteiger partial charge in [-0.15, -0.1) is 0 Å². The summed E-state index contributed by atoms with van der Waals surface area (Å²) in [5.74, 6) is 0.624. The molecule has 0 spiro atoms. The van der Waals surface area contributed by atoms with Crippen molar-refractivity contribution in [3.8, 4) is 0 Å². The van der Waals surface area contributed by atoms with Crippen molar-refractivity contribution in [2.75, 3.05) is 18.5 Å². The predicted octanol–water partition coefficient (Wildman–Crippen LogP) is 4.65. The van der Waals surface area contributed by atoms with E-state index in [-0.39, 0.29) is 6.04 Å². The second kappa shape index (κ2) is 8.86. The maximum Gasteiger partial charge on any atom is 0.361 e. The molecule has 8 nitrogen and oxygen atoms in total. The molecule has 0 bridgehead atoms. The van der Waals surface area contributed by atoms with Crippen LogP contribution in [0.5, 0.6) is 0 Å². The van der Waals surface area contributed by atoms with Gasteiger partial charge in [-0.3, -0.25) is 4.57 Å². The smallest absolute Gasteiger partial charge is 0.338 e. The SMILES string of the molecule is CCOP(=O)(OCC)c1ccc(Nc2nc(I)nc3c2ncn3C(C)C)cc1. The number of halogens is 1. The standard InChI is InChI=1S/C18H23IN5O3P/c1-5-26-28(25,27-6-2)14-9-7-13(8-10-14)21-16-15-17(23-18(19)22-16)24(11-20-15)12(3)4/h7-12H,5-6H2,1-4H3,(H,21,22,23). The third-order valence-corrected chi connectivity index (χ3v) is 6.60. The van der Waals surface area contributed by atoms with E-state index >= 15 is 0 Å². The van der Waals surface area contributed by atoms with Gasteiger partial charge < -0.3 is 18.9 Å². The lowest BCUT2D eigenvalue weighted by molar-refractivity contribution is 0.230. The lowest BCUT2D eigenvalue weighted by Gasteiger charge is -2.17. The molecule has 1 aromatic carbocycles. The monoisotopic (exact) mass is 515 g/mol. The van der Waals surface area contributed by atoms with Crippen LogP contribution in [0.4, 0.5) is 11.5 Å². The molecule has 0 aliphatic rings. The Hall–Kier alpha value is -1.55. The maximum atomic E-state index is 12.9. The third-order valence-electron chi connectivity index (χ3n) is 3.99. The van der Waals surface area contributed by atoms with Gasteiger partial charge in [-0.2, -0.15) is 0 Å². The maximum absolute atomic E-state index is 12.9. The fourth-order valence-corrected chi connectivity index (χ4v) is 4.78. The van der Waals surface area contributed by atoms with Crippen molar-refractivity contribution in [1.82, 2.24) is 19.5 Å². The molecule has 2 heterocycles. The summed E-state index contributed by atoms with van der Waals surface area (Å²) in [6, 6.07) is 7.37. The number of hydrogen-bond acceptors (Lipinski definition) is 7. The molecule has 0 saturated heterocycles. The summed E-state index contributed by atoms with van der Waals surface area (Å²) in [6.45, 7) is 8.37. The Morgan fingerprint density at radius 1 is 1.14 bits per heavy atom. The quantitative estimate of drug-likeness (QED) is 0.266. The van der Waals surface area contributed by atoms with Gasteiger partial charge >= 0.3 is 7.60 Å². The lowest BCUT2D eigenvalue weighted by Crippen LogP contribution is -2.10. The first-order valence-electron chi connectivity index (χ1n) is 9.04. The minimum Gasteiger partial charge on any atom is -0.338 e. The van der Waals surface area contributed by atoms with E-state index in [1.165, 1.54) is 0 Å². The molecule has 150 valence electrons. The Labute approximate surface area is 177 Å². The molecule has 0 saturated carbocycles. The Morgan fingerprint density at radius 3 is 2.36 bits per heavy atom. The van der Waals surface area contributed by atoms with Crippen LogP contribution in [-0.4, -0.2) is 32.7 Å². The minimum atomic E-state index is -3.30. The van der Waals surface area contributed by atoms with Crippen LogP contribution in [0.2, 0.25) is 0 Å². The van der Waals surface area contributed by atoms with Crippen molar-refractivity contribution < 1.29 is 13.6 Å². The van der Waals surface area contributed by atoms with E-state index in [1.807, 2.05) is 16.7 Å². The van der Waals surface area contributed by atoms with Crippen molar-refractivity contribution >= 4 is 58.2 Å². The molecule has 0 aliphatic carbocycles. The zero-order chi connectivity index (χ0) is 20.3. The molecular formula is C18H23IN5O3P. The van der Waals surface area contributed by atoms with Crippen LogP contribution in [-0.2, 0) is 13.6 Å². The van der Waals surface area contributed by atoms with Gasteiger partial charge in [0.1, 0.15) is 0 Å². The van der Waals surface area contributed by atoms with Crippen molar-refractivity contribution in [1.29, 1.82) is 0 Å². The molecule has 10 heteroatoms. The molecule has 0 unspecified atom stereocenters. The minimum absolute atomic E-state index is 0.245. The molecule has 0 atom stereocenters. The van der Waals surface area contributed by atoms with Crippen LogP contribution in [0, 0.1) is 3.83 Å². The normalized spacial score (nSPS) is 12.1. The van der Waals surface area contributed by atoms with Crippen LogP contribution in [0.3, 0.4) is 0 Å². The van der Waals surface area contributed by atoms with Gasteiger partial charge in [-0.25, -0.2) is 15.0 Å².